The monoisotopic (exact) mass is 308 g/mol. The van der Waals surface area contributed by atoms with Crippen LogP contribution in [0.4, 0.5) is 0 Å². The van der Waals surface area contributed by atoms with Gasteiger partial charge in [-0.3, -0.25) is 9.69 Å². The number of hydrogen-bond acceptors (Lipinski definition) is 3. The lowest BCUT2D eigenvalue weighted by atomic mass is 9.72. The largest absolute Gasteiger partial charge is 0.480 e. The van der Waals surface area contributed by atoms with E-state index in [9.17, 15) is 14.7 Å². The van der Waals surface area contributed by atoms with Gasteiger partial charge in [0.1, 0.15) is 6.04 Å². The van der Waals surface area contributed by atoms with Crippen molar-refractivity contribution < 1.29 is 14.7 Å². The molecule has 5 nitrogen and oxygen atoms in total. The van der Waals surface area contributed by atoms with E-state index in [0.717, 1.165) is 38.9 Å². The Bertz CT molecular complexity index is 465. The molecular formula is C17H28N2O3. The van der Waals surface area contributed by atoms with Crippen LogP contribution in [-0.2, 0) is 9.59 Å². The number of likely N-dealkylation sites (tertiary alicyclic amines) is 2. The molecule has 2 aliphatic rings. The van der Waals surface area contributed by atoms with Crippen LogP contribution in [0, 0.1) is 5.41 Å². The predicted octanol–water partition coefficient (Wildman–Crippen LogP) is 2.13. The van der Waals surface area contributed by atoms with Crippen LogP contribution >= 0.6 is 0 Å². The summed E-state index contributed by atoms with van der Waals surface area (Å²) in [7, 11) is 0. The molecule has 1 amide bonds. The maximum atomic E-state index is 12.1. The molecule has 2 fully saturated rings. The average Bonchev–Trinajstić information content (AvgIpc) is 2.51. The number of hydrogen-bond donors (Lipinski definition) is 1. The summed E-state index contributed by atoms with van der Waals surface area (Å²) in [4.78, 5) is 27.3. The van der Waals surface area contributed by atoms with E-state index in [1.807, 2.05) is 0 Å². The maximum absolute atomic E-state index is 12.1. The number of aliphatic carboxylic acids is 1. The summed E-state index contributed by atoms with van der Waals surface area (Å²) in [6.45, 7) is 9.53. The van der Waals surface area contributed by atoms with Gasteiger partial charge in [-0.15, -0.1) is 0 Å². The van der Waals surface area contributed by atoms with Crippen molar-refractivity contribution in [2.45, 2.75) is 52.5 Å². The molecule has 2 heterocycles. The topological polar surface area (TPSA) is 60.9 Å². The molecular weight excluding hydrogens is 280 g/mol. The Morgan fingerprint density at radius 3 is 2.55 bits per heavy atom. The van der Waals surface area contributed by atoms with Gasteiger partial charge in [0.15, 0.2) is 0 Å². The zero-order valence-electron chi connectivity index (χ0n) is 14.0. The van der Waals surface area contributed by atoms with E-state index in [1.165, 1.54) is 5.57 Å². The van der Waals surface area contributed by atoms with E-state index < -0.39 is 12.0 Å². The average molecular weight is 308 g/mol. The molecule has 124 valence electrons. The Labute approximate surface area is 133 Å². The van der Waals surface area contributed by atoms with Gasteiger partial charge in [-0.2, -0.15) is 0 Å². The van der Waals surface area contributed by atoms with Crippen LogP contribution in [0.15, 0.2) is 11.6 Å². The highest BCUT2D eigenvalue weighted by atomic mass is 16.4. The van der Waals surface area contributed by atoms with Gasteiger partial charge in [0.2, 0.25) is 5.91 Å². The van der Waals surface area contributed by atoms with Crippen molar-refractivity contribution >= 4 is 11.9 Å². The molecule has 0 bridgehead atoms. The second-order valence-electron chi connectivity index (χ2n) is 6.95. The highest BCUT2D eigenvalue weighted by Crippen LogP contribution is 2.40. The molecule has 0 aliphatic carbocycles. The molecule has 0 saturated carbocycles. The van der Waals surface area contributed by atoms with Gasteiger partial charge in [-0.1, -0.05) is 11.6 Å². The first-order chi connectivity index (χ1) is 10.4. The molecule has 1 N–H and O–H groups in total. The minimum absolute atomic E-state index is 0.00675. The lowest BCUT2D eigenvalue weighted by Gasteiger charge is -2.48. The van der Waals surface area contributed by atoms with Crippen LogP contribution in [0.2, 0.25) is 0 Å². The fourth-order valence-corrected chi connectivity index (χ4v) is 3.57. The summed E-state index contributed by atoms with van der Waals surface area (Å²) in [5.74, 6) is -0.917. The third-order valence-corrected chi connectivity index (χ3v) is 5.40. The fraction of sp³-hybridized carbons (Fsp3) is 0.765. The maximum Gasteiger partial charge on any atom is 0.326 e. The van der Waals surface area contributed by atoms with E-state index in [1.54, 1.807) is 11.8 Å². The molecule has 5 heteroatoms. The zero-order valence-corrected chi connectivity index (χ0v) is 14.0. The Balaban J connectivity index is 1.98. The molecule has 0 unspecified atom stereocenters. The summed E-state index contributed by atoms with van der Waals surface area (Å²) in [5, 5.41) is 9.20. The van der Waals surface area contributed by atoms with E-state index in [0.29, 0.717) is 13.0 Å². The smallest absolute Gasteiger partial charge is 0.326 e. The van der Waals surface area contributed by atoms with Crippen molar-refractivity contribution in [2.75, 3.05) is 26.2 Å². The summed E-state index contributed by atoms with van der Waals surface area (Å²) in [6.07, 6.45) is 5.66. The molecule has 22 heavy (non-hydrogen) atoms. The fourth-order valence-electron chi connectivity index (χ4n) is 3.57. The standard InChI is InChI=1S/C17H28N2O3/c1-4-13(2)11-18-9-7-17(8-10-18)6-5-15(20)19(12-17)14(3)16(21)22/h4,14H,5-12H2,1-3H3,(H,21,22)/b13-4+/t14-/m1/s1. The number of carbonyl (C=O) groups excluding carboxylic acids is 1. The Hall–Kier alpha value is -1.36. The molecule has 2 aliphatic heterocycles. The molecule has 2 rings (SSSR count). The number of carbonyl (C=O) groups is 2. The third kappa shape index (κ3) is 3.69. The van der Waals surface area contributed by atoms with Crippen LogP contribution in [-0.4, -0.2) is 59.0 Å². The highest BCUT2D eigenvalue weighted by Gasteiger charge is 2.43. The number of amides is 1. The summed E-state index contributed by atoms with van der Waals surface area (Å²) >= 11 is 0. The van der Waals surface area contributed by atoms with Crippen molar-refractivity contribution in [1.82, 2.24) is 9.80 Å². The Morgan fingerprint density at radius 1 is 1.36 bits per heavy atom. The lowest BCUT2D eigenvalue weighted by molar-refractivity contribution is -0.154. The SMILES string of the molecule is C/C=C(\C)CN1CCC2(CCC(=O)N([C@H](C)C(=O)O)C2)CC1. The number of allylic oxidation sites excluding steroid dienone is 1. The first kappa shape index (κ1) is 17.0. The molecule has 1 spiro atoms. The predicted molar refractivity (Wildman–Crippen MR) is 85.6 cm³/mol. The normalized spacial score (nSPS) is 24.6. The van der Waals surface area contributed by atoms with Gasteiger partial charge in [0, 0.05) is 19.5 Å². The van der Waals surface area contributed by atoms with Gasteiger partial charge < -0.3 is 10.0 Å². The van der Waals surface area contributed by atoms with Crippen molar-refractivity contribution in [3.8, 4) is 0 Å². The molecule has 0 radical (unpaired) electrons. The van der Waals surface area contributed by atoms with Crippen LogP contribution in [0.1, 0.15) is 46.5 Å². The number of carboxylic acids is 1. The molecule has 0 aromatic rings. The van der Waals surface area contributed by atoms with Crippen LogP contribution < -0.4 is 0 Å². The van der Waals surface area contributed by atoms with E-state index in [2.05, 4.69) is 24.8 Å². The van der Waals surface area contributed by atoms with Crippen molar-refractivity contribution in [1.29, 1.82) is 0 Å². The summed E-state index contributed by atoms with van der Waals surface area (Å²) in [6, 6.07) is -0.715. The summed E-state index contributed by atoms with van der Waals surface area (Å²) in [5.41, 5.74) is 1.51. The first-order valence-corrected chi connectivity index (χ1v) is 8.23. The second kappa shape index (κ2) is 6.82. The molecule has 0 aromatic heterocycles. The van der Waals surface area contributed by atoms with Crippen LogP contribution in [0.5, 0.6) is 0 Å². The number of carboxylic acid groups (broad SMARTS) is 1. The van der Waals surface area contributed by atoms with E-state index in [-0.39, 0.29) is 11.3 Å². The molecule has 2 saturated heterocycles. The summed E-state index contributed by atoms with van der Waals surface area (Å²) < 4.78 is 0. The third-order valence-electron chi connectivity index (χ3n) is 5.40. The molecule has 0 aromatic carbocycles. The van der Waals surface area contributed by atoms with Gasteiger partial charge >= 0.3 is 5.97 Å². The Kier molecular flexibility index (Phi) is 5.27. The number of piperidine rings is 2. The quantitative estimate of drug-likeness (QED) is 0.808. The molecule has 1 atom stereocenters. The minimum atomic E-state index is -0.911. The highest BCUT2D eigenvalue weighted by molar-refractivity contribution is 5.84. The lowest BCUT2D eigenvalue weighted by Crippen LogP contribution is -2.55. The van der Waals surface area contributed by atoms with E-state index >= 15 is 0 Å². The van der Waals surface area contributed by atoms with Crippen LogP contribution in [0.25, 0.3) is 0 Å². The Morgan fingerprint density at radius 2 is 2.00 bits per heavy atom. The van der Waals surface area contributed by atoms with Gasteiger partial charge in [-0.05, 0) is 58.5 Å². The zero-order chi connectivity index (χ0) is 16.3. The number of nitrogens with zero attached hydrogens (tertiary/aromatic N) is 2. The van der Waals surface area contributed by atoms with Crippen molar-refractivity contribution in [2.24, 2.45) is 5.41 Å². The van der Waals surface area contributed by atoms with Crippen molar-refractivity contribution in [3.05, 3.63) is 11.6 Å². The minimum Gasteiger partial charge on any atom is -0.480 e. The van der Waals surface area contributed by atoms with Gasteiger partial charge in [-0.25, -0.2) is 4.79 Å². The number of rotatable bonds is 4. The first-order valence-electron chi connectivity index (χ1n) is 8.23. The van der Waals surface area contributed by atoms with Crippen molar-refractivity contribution in [3.63, 3.8) is 0 Å². The second-order valence-corrected chi connectivity index (χ2v) is 6.95. The van der Waals surface area contributed by atoms with Crippen LogP contribution in [0.3, 0.4) is 0 Å². The van der Waals surface area contributed by atoms with Gasteiger partial charge in [0.25, 0.3) is 0 Å². The van der Waals surface area contributed by atoms with Gasteiger partial charge in [0.05, 0.1) is 0 Å². The van der Waals surface area contributed by atoms with E-state index in [4.69, 9.17) is 0 Å².